The molecular weight excluding hydrogens is 368 g/mol. The van der Waals surface area contributed by atoms with Gasteiger partial charge in [-0.2, -0.15) is 0 Å². The molecule has 2 heterocycles. The first-order valence-electron chi connectivity index (χ1n) is 9.85. The number of carbonyl (C=O) groups excluding carboxylic acids is 2. The van der Waals surface area contributed by atoms with Crippen LogP contribution < -0.4 is 11.1 Å². The number of ketones is 2. The van der Waals surface area contributed by atoms with Gasteiger partial charge >= 0.3 is 0 Å². The predicted molar refractivity (Wildman–Crippen MR) is 111 cm³/mol. The van der Waals surface area contributed by atoms with Crippen molar-refractivity contribution in [3.63, 3.8) is 0 Å². The summed E-state index contributed by atoms with van der Waals surface area (Å²) in [5.74, 6) is -0.625. The van der Waals surface area contributed by atoms with Gasteiger partial charge in [0.1, 0.15) is 11.4 Å². The first-order chi connectivity index (χ1) is 13.9. The highest BCUT2D eigenvalue weighted by Gasteiger charge is 2.39. The maximum absolute atomic E-state index is 13.6. The zero-order valence-electron chi connectivity index (χ0n) is 16.7. The van der Waals surface area contributed by atoms with Crippen LogP contribution in [0.1, 0.15) is 70.4 Å². The summed E-state index contributed by atoms with van der Waals surface area (Å²) < 4.78 is 1.32. The monoisotopic (exact) mass is 390 g/mol. The van der Waals surface area contributed by atoms with E-state index < -0.39 is 11.3 Å². The highest BCUT2D eigenvalue weighted by molar-refractivity contribution is 6.29. The molecule has 0 bridgehead atoms. The van der Waals surface area contributed by atoms with Gasteiger partial charge in [0.2, 0.25) is 11.3 Å². The number of allylic oxidation sites excluding steroid dienone is 4. The Hall–Kier alpha value is -3.28. The quantitative estimate of drug-likeness (QED) is 0.679. The van der Waals surface area contributed by atoms with E-state index in [-0.39, 0.29) is 46.3 Å². The van der Waals surface area contributed by atoms with Crippen LogP contribution in [0.3, 0.4) is 0 Å². The largest absolute Gasteiger partial charge is 0.318 e. The van der Waals surface area contributed by atoms with Crippen molar-refractivity contribution in [1.82, 2.24) is 9.55 Å². The van der Waals surface area contributed by atoms with Crippen LogP contribution in [-0.4, -0.2) is 21.1 Å². The molecule has 29 heavy (non-hydrogen) atoms. The Balaban J connectivity index is 2.07. The smallest absolute Gasteiger partial charge is 0.252 e. The fourth-order valence-electron chi connectivity index (χ4n) is 4.04. The fourth-order valence-corrected chi connectivity index (χ4v) is 4.04. The number of rotatable bonds is 5. The molecule has 1 unspecified atom stereocenters. The molecule has 1 atom stereocenters. The van der Waals surface area contributed by atoms with Crippen LogP contribution in [0.15, 0.2) is 39.9 Å². The number of H-pyrrole nitrogens is 1. The van der Waals surface area contributed by atoms with Crippen LogP contribution in [0.2, 0.25) is 0 Å². The molecule has 2 aliphatic rings. The molecular formula is C23H22N2O4. The number of aryl methyl sites for hydroxylation is 1. The van der Waals surface area contributed by atoms with E-state index in [1.807, 2.05) is 26.8 Å². The summed E-state index contributed by atoms with van der Waals surface area (Å²) in [6, 6.07) is 2.85. The predicted octanol–water partition coefficient (Wildman–Crippen LogP) is 2.87. The zero-order chi connectivity index (χ0) is 20.9. The van der Waals surface area contributed by atoms with Crippen molar-refractivity contribution in [2.24, 2.45) is 5.92 Å². The highest BCUT2D eigenvalue weighted by Crippen LogP contribution is 2.42. The summed E-state index contributed by atoms with van der Waals surface area (Å²) in [6.07, 6.45) is 6.76. The molecule has 0 fully saturated rings. The number of aromatic amines is 1. The molecule has 2 aromatic rings. The highest BCUT2D eigenvalue weighted by atomic mass is 16.2. The Labute approximate surface area is 167 Å². The van der Waals surface area contributed by atoms with E-state index in [0.717, 1.165) is 12.0 Å². The minimum absolute atomic E-state index is 0.0120. The van der Waals surface area contributed by atoms with E-state index in [0.29, 0.717) is 17.5 Å². The van der Waals surface area contributed by atoms with Crippen molar-refractivity contribution < 1.29 is 9.59 Å². The van der Waals surface area contributed by atoms with E-state index in [4.69, 9.17) is 0 Å². The number of hydrogen-bond donors (Lipinski definition) is 1. The lowest BCUT2D eigenvalue weighted by Gasteiger charge is -2.24. The van der Waals surface area contributed by atoms with Crippen LogP contribution in [0.4, 0.5) is 0 Å². The lowest BCUT2D eigenvalue weighted by Crippen LogP contribution is -2.36. The van der Waals surface area contributed by atoms with Crippen LogP contribution in [-0.2, 0) is 13.0 Å². The van der Waals surface area contributed by atoms with Gasteiger partial charge in [0, 0.05) is 18.7 Å². The van der Waals surface area contributed by atoms with E-state index >= 15 is 0 Å². The maximum atomic E-state index is 13.6. The van der Waals surface area contributed by atoms with Crippen molar-refractivity contribution in [2.45, 2.75) is 40.2 Å². The van der Waals surface area contributed by atoms with Gasteiger partial charge in [-0.05, 0) is 36.0 Å². The Morgan fingerprint density at radius 2 is 1.83 bits per heavy atom. The molecule has 0 amide bonds. The summed E-state index contributed by atoms with van der Waals surface area (Å²) in [6.45, 7) is 5.93. The van der Waals surface area contributed by atoms with Gasteiger partial charge in [-0.1, -0.05) is 38.5 Å². The average molecular weight is 390 g/mol. The molecule has 148 valence electrons. The maximum Gasteiger partial charge on any atom is 0.252 e. The van der Waals surface area contributed by atoms with Gasteiger partial charge in [-0.3, -0.25) is 19.2 Å². The molecule has 1 N–H and O–H groups in total. The van der Waals surface area contributed by atoms with Crippen molar-refractivity contribution in [3.05, 3.63) is 84.7 Å². The van der Waals surface area contributed by atoms with E-state index in [2.05, 4.69) is 4.98 Å². The molecule has 2 aromatic heterocycles. The van der Waals surface area contributed by atoms with Crippen LogP contribution in [0.25, 0.3) is 5.57 Å². The second-order valence-electron chi connectivity index (χ2n) is 7.53. The van der Waals surface area contributed by atoms with Gasteiger partial charge in [-0.25, -0.2) is 0 Å². The Kier molecular flexibility index (Phi) is 4.57. The number of carbonyl (C=O) groups is 2. The summed E-state index contributed by atoms with van der Waals surface area (Å²) in [7, 11) is 0. The summed E-state index contributed by atoms with van der Waals surface area (Å²) in [5, 5.41) is 0. The van der Waals surface area contributed by atoms with Gasteiger partial charge in [0.25, 0.3) is 5.56 Å². The van der Waals surface area contributed by atoms with Gasteiger partial charge in [0.05, 0.1) is 11.1 Å². The molecule has 0 saturated carbocycles. The van der Waals surface area contributed by atoms with Crippen LogP contribution in [0, 0.1) is 5.92 Å². The zero-order valence-corrected chi connectivity index (χ0v) is 16.7. The minimum atomic E-state index is -0.484. The first-order valence-corrected chi connectivity index (χ1v) is 9.85. The van der Waals surface area contributed by atoms with Crippen molar-refractivity contribution >= 4 is 17.1 Å². The molecule has 4 rings (SSSR count). The lowest BCUT2D eigenvalue weighted by atomic mass is 9.83. The average Bonchev–Trinajstić information content (AvgIpc) is 3.40. The van der Waals surface area contributed by atoms with Crippen molar-refractivity contribution in [2.75, 3.05) is 0 Å². The molecule has 6 heteroatoms. The molecule has 0 radical (unpaired) electrons. The van der Waals surface area contributed by atoms with Gasteiger partial charge < -0.3 is 9.55 Å². The number of aromatic nitrogens is 2. The Bertz CT molecular complexity index is 1240. The molecule has 2 aliphatic carbocycles. The number of pyridine rings is 2. The second-order valence-corrected chi connectivity index (χ2v) is 7.53. The van der Waals surface area contributed by atoms with Crippen molar-refractivity contribution in [1.29, 1.82) is 0 Å². The topological polar surface area (TPSA) is 89.0 Å². The Morgan fingerprint density at radius 1 is 1.10 bits per heavy atom. The number of nitrogens with zero attached hydrogens (tertiary/aromatic N) is 1. The number of hydrogen-bond acceptors (Lipinski definition) is 4. The third-order valence-electron chi connectivity index (χ3n) is 5.50. The second kappa shape index (κ2) is 6.95. The molecule has 0 aliphatic heterocycles. The normalized spacial score (nSPS) is 17.3. The summed E-state index contributed by atoms with van der Waals surface area (Å²) in [4.78, 5) is 54.6. The van der Waals surface area contributed by atoms with Crippen LogP contribution in [0.5, 0.6) is 0 Å². The van der Waals surface area contributed by atoms with Gasteiger partial charge in [-0.15, -0.1) is 0 Å². The Morgan fingerprint density at radius 3 is 2.45 bits per heavy atom. The van der Waals surface area contributed by atoms with Gasteiger partial charge in [0.15, 0.2) is 5.78 Å². The third kappa shape index (κ3) is 2.95. The van der Waals surface area contributed by atoms with Crippen molar-refractivity contribution in [3.8, 4) is 0 Å². The molecule has 0 spiro atoms. The molecule has 0 saturated heterocycles. The third-order valence-corrected chi connectivity index (χ3v) is 5.50. The number of nitrogens with one attached hydrogen (secondary N) is 1. The molecule has 6 nitrogen and oxygen atoms in total. The lowest BCUT2D eigenvalue weighted by molar-refractivity contribution is 0.0966. The minimum Gasteiger partial charge on any atom is -0.318 e. The van der Waals surface area contributed by atoms with Crippen LogP contribution >= 0.6 is 0 Å². The number of fused-ring (bicyclic) bond motifs is 2. The van der Waals surface area contributed by atoms with E-state index in [1.54, 1.807) is 12.2 Å². The standard InChI is InChI=1S/C23H22N2O4/c1-4-6-8-25-17(27)11-15(14-9-12(14)3)19-21(25)23(29)20-18(22(19)28)13(7-5-2)10-16(26)24-20/h4,6,9-12H,5,7-8H2,1-3H3,(H,24,26). The fraction of sp³-hybridized carbons (Fsp3) is 0.304. The SMILES string of the molecule is CC=CCn1c2c(c(C3=CC3C)cc1=O)C(=O)c1c(CCC)cc(=O)[nH]c1C2=O. The first kappa shape index (κ1) is 19.1. The summed E-state index contributed by atoms with van der Waals surface area (Å²) in [5.41, 5.74) is 1.83. The molecule has 0 aromatic carbocycles. The van der Waals surface area contributed by atoms with E-state index in [9.17, 15) is 19.2 Å². The summed E-state index contributed by atoms with van der Waals surface area (Å²) >= 11 is 0. The van der Waals surface area contributed by atoms with E-state index in [1.165, 1.54) is 16.7 Å².